The molecule has 1 aromatic heterocycles. The Labute approximate surface area is 125 Å². The fourth-order valence-electron chi connectivity index (χ4n) is 1.69. The summed E-state index contributed by atoms with van der Waals surface area (Å²) in [6.07, 6.45) is 3.15. The third-order valence-electron chi connectivity index (χ3n) is 2.60. The van der Waals surface area contributed by atoms with E-state index in [0.29, 0.717) is 5.56 Å². The Balaban J connectivity index is 2.24. The summed E-state index contributed by atoms with van der Waals surface area (Å²) >= 11 is 9.38. The third kappa shape index (κ3) is 3.55. The predicted octanol–water partition coefficient (Wildman–Crippen LogP) is 4.40. The van der Waals surface area contributed by atoms with Crippen molar-refractivity contribution in [1.82, 2.24) is 4.98 Å². The molecule has 0 aliphatic rings. The Morgan fingerprint density at radius 3 is 2.79 bits per heavy atom. The minimum atomic E-state index is -0.210. The molecule has 0 spiro atoms. The maximum atomic E-state index is 12.1. The van der Waals surface area contributed by atoms with Gasteiger partial charge in [-0.05, 0) is 40.5 Å². The Hall–Kier alpha value is -1.39. The number of amides is 1. The summed E-state index contributed by atoms with van der Waals surface area (Å²) in [6, 6.07) is 9.20. The first-order chi connectivity index (χ1) is 9.08. The summed E-state index contributed by atoms with van der Waals surface area (Å²) in [6.45, 7) is 1.87. The van der Waals surface area contributed by atoms with Crippen LogP contribution in [0.4, 0.5) is 5.69 Å². The number of hydrogen-bond acceptors (Lipinski definition) is 2. The van der Waals surface area contributed by atoms with Gasteiger partial charge < -0.3 is 5.32 Å². The highest BCUT2D eigenvalue weighted by Gasteiger charge is 2.12. The van der Waals surface area contributed by atoms with Crippen molar-refractivity contribution in [3.8, 4) is 0 Å². The molecule has 19 heavy (non-hydrogen) atoms. The maximum absolute atomic E-state index is 12.1. The third-order valence-corrected chi connectivity index (χ3v) is 3.27. The molecule has 0 saturated carbocycles. The molecule has 0 fully saturated rings. The van der Waals surface area contributed by atoms with Crippen LogP contribution in [-0.4, -0.2) is 10.9 Å². The summed E-state index contributed by atoms with van der Waals surface area (Å²) in [7, 11) is 0. The highest BCUT2D eigenvalue weighted by atomic mass is 79.9. The van der Waals surface area contributed by atoms with Crippen LogP contribution in [0, 0.1) is 0 Å². The Bertz CT molecular complexity index is 602. The van der Waals surface area contributed by atoms with Crippen molar-refractivity contribution in [1.29, 1.82) is 0 Å². The number of nitrogens with one attached hydrogen (secondary N) is 1. The van der Waals surface area contributed by atoms with E-state index in [4.69, 9.17) is 11.6 Å². The lowest BCUT2D eigenvalue weighted by molar-refractivity contribution is 0.102. The lowest BCUT2D eigenvalue weighted by Crippen LogP contribution is -2.13. The number of alkyl halides is 1. The highest BCUT2D eigenvalue weighted by Crippen LogP contribution is 2.27. The van der Waals surface area contributed by atoms with Gasteiger partial charge in [-0.1, -0.05) is 18.2 Å². The van der Waals surface area contributed by atoms with Crippen LogP contribution in [-0.2, 0) is 0 Å². The van der Waals surface area contributed by atoms with Gasteiger partial charge in [0.25, 0.3) is 5.91 Å². The van der Waals surface area contributed by atoms with E-state index in [1.165, 1.54) is 6.20 Å². The minimum Gasteiger partial charge on any atom is -0.322 e. The van der Waals surface area contributed by atoms with Crippen molar-refractivity contribution in [2.24, 2.45) is 0 Å². The number of aromatic nitrogens is 1. The van der Waals surface area contributed by atoms with Crippen LogP contribution in [0.5, 0.6) is 0 Å². The SMILES string of the molecule is CC(Cl)c1ccccc1NC(=O)c1cncc(Br)c1. The van der Waals surface area contributed by atoms with Crippen molar-refractivity contribution in [3.05, 3.63) is 58.3 Å². The van der Waals surface area contributed by atoms with E-state index >= 15 is 0 Å². The zero-order chi connectivity index (χ0) is 13.8. The van der Waals surface area contributed by atoms with Crippen molar-refractivity contribution < 1.29 is 4.79 Å². The van der Waals surface area contributed by atoms with Gasteiger partial charge in [-0.15, -0.1) is 11.6 Å². The van der Waals surface area contributed by atoms with Crippen molar-refractivity contribution >= 4 is 39.1 Å². The highest BCUT2D eigenvalue weighted by molar-refractivity contribution is 9.10. The van der Waals surface area contributed by atoms with E-state index in [0.717, 1.165) is 15.7 Å². The van der Waals surface area contributed by atoms with E-state index in [2.05, 4.69) is 26.2 Å². The van der Waals surface area contributed by atoms with Crippen molar-refractivity contribution in [2.75, 3.05) is 5.32 Å². The van der Waals surface area contributed by atoms with Crippen LogP contribution in [0.2, 0.25) is 0 Å². The first-order valence-electron chi connectivity index (χ1n) is 5.73. The normalized spacial score (nSPS) is 11.9. The van der Waals surface area contributed by atoms with Gasteiger partial charge in [0.05, 0.1) is 10.9 Å². The van der Waals surface area contributed by atoms with Gasteiger partial charge in [0.1, 0.15) is 0 Å². The second-order valence-electron chi connectivity index (χ2n) is 4.05. The number of anilines is 1. The molecule has 1 unspecified atom stereocenters. The number of hydrogen-bond donors (Lipinski definition) is 1. The van der Waals surface area contributed by atoms with E-state index in [-0.39, 0.29) is 11.3 Å². The van der Waals surface area contributed by atoms with E-state index < -0.39 is 0 Å². The van der Waals surface area contributed by atoms with Crippen LogP contribution < -0.4 is 5.32 Å². The predicted molar refractivity (Wildman–Crippen MR) is 80.6 cm³/mol. The molecule has 0 saturated heterocycles. The second-order valence-corrected chi connectivity index (χ2v) is 5.62. The molecule has 0 aliphatic carbocycles. The van der Waals surface area contributed by atoms with Gasteiger partial charge in [-0.25, -0.2) is 0 Å². The van der Waals surface area contributed by atoms with Gasteiger partial charge in [-0.3, -0.25) is 9.78 Å². The van der Waals surface area contributed by atoms with Gasteiger partial charge in [0.2, 0.25) is 0 Å². The number of para-hydroxylation sites is 1. The molecule has 3 nitrogen and oxygen atoms in total. The topological polar surface area (TPSA) is 42.0 Å². The standard InChI is InChI=1S/C14H12BrClN2O/c1-9(16)12-4-2-3-5-13(12)18-14(19)10-6-11(15)8-17-7-10/h2-9H,1H3,(H,18,19). The molecule has 0 aliphatic heterocycles. The molecule has 1 N–H and O–H groups in total. The summed E-state index contributed by atoms with van der Waals surface area (Å²) in [5.74, 6) is -0.210. The fraction of sp³-hybridized carbons (Fsp3) is 0.143. The number of carbonyl (C=O) groups excluding carboxylic acids is 1. The number of pyridine rings is 1. The quantitative estimate of drug-likeness (QED) is 0.842. The molecule has 0 bridgehead atoms. The number of rotatable bonds is 3. The first kappa shape index (κ1) is 14.0. The molecule has 0 radical (unpaired) electrons. The average molecular weight is 340 g/mol. The largest absolute Gasteiger partial charge is 0.322 e. The second kappa shape index (κ2) is 6.17. The van der Waals surface area contributed by atoms with E-state index in [9.17, 15) is 4.79 Å². The summed E-state index contributed by atoms with van der Waals surface area (Å²) in [5, 5.41) is 2.68. The smallest absolute Gasteiger partial charge is 0.257 e. The molecular weight excluding hydrogens is 328 g/mol. The van der Waals surface area contributed by atoms with Crippen LogP contribution >= 0.6 is 27.5 Å². The van der Waals surface area contributed by atoms with Gasteiger partial charge in [0, 0.05) is 22.6 Å². The zero-order valence-corrected chi connectivity index (χ0v) is 12.6. The number of carbonyl (C=O) groups is 1. The number of nitrogens with zero attached hydrogens (tertiary/aromatic N) is 1. The minimum absolute atomic E-state index is 0.169. The molecule has 98 valence electrons. The van der Waals surface area contributed by atoms with Crippen molar-refractivity contribution in [2.45, 2.75) is 12.3 Å². The summed E-state index contributed by atoms with van der Waals surface area (Å²) < 4.78 is 0.763. The molecule has 5 heteroatoms. The number of benzene rings is 1. The van der Waals surface area contributed by atoms with Gasteiger partial charge >= 0.3 is 0 Å². The van der Waals surface area contributed by atoms with Crippen molar-refractivity contribution in [3.63, 3.8) is 0 Å². The van der Waals surface area contributed by atoms with E-state index in [1.54, 1.807) is 12.3 Å². The van der Waals surface area contributed by atoms with Crippen LogP contribution in [0.1, 0.15) is 28.2 Å². The van der Waals surface area contributed by atoms with Crippen LogP contribution in [0.25, 0.3) is 0 Å². The van der Waals surface area contributed by atoms with Gasteiger partial charge in [-0.2, -0.15) is 0 Å². The fourth-order valence-corrected chi connectivity index (χ4v) is 2.24. The Morgan fingerprint density at radius 2 is 2.11 bits per heavy atom. The summed E-state index contributed by atoms with van der Waals surface area (Å²) in [4.78, 5) is 16.1. The average Bonchev–Trinajstić information content (AvgIpc) is 2.39. The Kier molecular flexibility index (Phi) is 4.56. The lowest BCUT2D eigenvalue weighted by Gasteiger charge is -2.12. The van der Waals surface area contributed by atoms with Crippen LogP contribution in [0.3, 0.4) is 0 Å². The molecule has 1 aromatic carbocycles. The molecule has 1 amide bonds. The Morgan fingerprint density at radius 1 is 1.37 bits per heavy atom. The maximum Gasteiger partial charge on any atom is 0.257 e. The lowest BCUT2D eigenvalue weighted by atomic mass is 10.1. The molecule has 1 atom stereocenters. The first-order valence-corrected chi connectivity index (χ1v) is 6.96. The number of halogens is 2. The van der Waals surface area contributed by atoms with Crippen LogP contribution in [0.15, 0.2) is 47.2 Å². The van der Waals surface area contributed by atoms with E-state index in [1.807, 2.05) is 31.2 Å². The van der Waals surface area contributed by atoms with Gasteiger partial charge in [0.15, 0.2) is 0 Å². The molecular formula is C14H12BrClN2O. The monoisotopic (exact) mass is 338 g/mol. The molecule has 1 heterocycles. The summed E-state index contributed by atoms with van der Waals surface area (Å²) in [5.41, 5.74) is 2.10. The molecule has 2 rings (SSSR count). The molecule has 2 aromatic rings. The zero-order valence-electron chi connectivity index (χ0n) is 10.2.